The summed E-state index contributed by atoms with van der Waals surface area (Å²) < 4.78 is 39.9. The summed E-state index contributed by atoms with van der Waals surface area (Å²) in [5.74, 6) is -0.310. The molecule has 1 aliphatic heterocycles. The summed E-state index contributed by atoms with van der Waals surface area (Å²) in [6.45, 7) is 9.15. The summed E-state index contributed by atoms with van der Waals surface area (Å²) in [5, 5.41) is 6.55. The molecule has 0 radical (unpaired) electrons. The van der Waals surface area contributed by atoms with Crippen LogP contribution in [0.25, 0.3) is 0 Å². The number of hydrogen-bond donors (Lipinski definition) is 1. The largest absolute Gasteiger partial charge is 0.436 e. The summed E-state index contributed by atoms with van der Waals surface area (Å²) in [6, 6.07) is -0.290. The Balaban J connectivity index is 2.04. The van der Waals surface area contributed by atoms with E-state index in [0.29, 0.717) is 6.04 Å². The molecule has 0 aliphatic carbocycles. The Bertz CT molecular complexity index is 622. The Morgan fingerprint density at radius 3 is 2.28 bits per heavy atom. The fourth-order valence-electron chi connectivity index (χ4n) is 3.05. The minimum Gasteiger partial charge on any atom is -0.351 e. The topological polar surface area (TPSA) is 50.2 Å². The number of nitrogens with one attached hydrogen (secondary N) is 1. The zero-order valence-electron chi connectivity index (χ0n) is 14.8. The van der Waals surface area contributed by atoms with Crippen LogP contribution in [0.5, 0.6) is 0 Å². The van der Waals surface area contributed by atoms with Gasteiger partial charge in [0.05, 0.1) is 10.2 Å². The van der Waals surface area contributed by atoms with Crippen molar-refractivity contribution in [3.63, 3.8) is 0 Å². The summed E-state index contributed by atoms with van der Waals surface area (Å²) in [5.41, 5.74) is -0.723. The molecule has 0 spiro atoms. The molecule has 1 amide bonds. The molecule has 1 unspecified atom stereocenters. The monoisotopic (exact) mass is 424 g/mol. The number of halogens is 4. The molecule has 142 valence electrons. The first-order valence-electron chi connectivity index (χ1n) is 8.38. The maximum Gasteiger partial charge on any atom is 0.436 e. The van der Waals surface area contributed by atoms with Crippen molar-refractivity contribution in [1.82, 2.24) is 20.0 Å². The average Bonchev–Trinajstić information content (AvgIpc) is 2.83. The van der Waals surface area contributed by atoms with E-state index in [-0.39, 0.29) is 22.1 Å². The van der Waals surface area contributed by atoms with Crippen molar-refractivity contribution in [2.75, 3.05) is 13.1 Å². The van der Waals surface area contributed by atoms with Crippen molar-refractivity contribution < 1.29 is 18.0 Å². The molecular formula is C16H24BrF3N4O. The van der Waals surface area contributed by atoms with Gasteiger partial charge in [-0.1, -0.05) is 0 Å². The quantitative estimate of drug-likeness (QED) is 0.804. The number of rotatable bonds is 4. The molecule has 5 nitrogen and oxygen atoms in total. The van der Waals surface area contributed by atoms with Gasteiger partial charge in [-0.3, -0.25) is 9.48 Å². The molecule has 0 bridgehead atoms. The molecule has 1 N–H and O–H groups in total. The second kappa shape index (κ2) is 7.65. The maximum atomic E-state index is 13.0. The SMILES string of the molecule is Cc1c(Br)c(C(F)(F)F)nn1C(C)C(=O)NC1CCN(C(C)C)CC1. The number of alkyl halides is 3. The Hall–Kier alpha value is -1.09. The fraction of sp³-hybridized carbons (Fsp3) is 0.750. The molecule has 1 aromatic heterocycles. The van der Waals surface area contributed by atoms with Crippen molar-refractivity contribution in [2.24, 2.45) is 0 Å². The van der Waals surface area contributed by atoms with Crippen LogP contribution in [0.4, 0.5) is 13.2 Å². The van der Waals surface area contributed by atoms with E-state index in [1.165, 1.54) is 6.92 Å². The third-order valence-electron chi connectivity index (χ3n) is 4.70. The molecule has 1 aliphatic rings. The second-order valence-corrected chi connectivity index (χ2v) is 7.57. The molecule has 2 heterocycles. The third-order valence-corrected chi connectivity index (χ3v) is 5.65. The molecule has 1 fully saturated rings. The lowest BCUT2D eigenvalue weighted by Crippen LogP contribution is -2.48. The summed E-state index contributed by atoms with van der Waals surface area (Å²) in [6.07, 6.45) is -2.88. The van der Waals surface area contributed by atoms with Crippen LogP contribution in [0.15, 0.2) is 4.47 Å². The number of carbonyl (C=O) groups excluding carboxylic acids is 1. The van der Waals surface area contributed by atoms with Gasteiger partial charge in [0.2, 0.25) is 5.91 Å². The van der Waals surface area contributed by atoms with E-state index in [1.54, 1.807) is 6.92 Å². The van der Waals surface area contributed by atoms with Crippen LogP contribution in [0.1, 0.15) is 51.0 Å². The Morgan fingerprint density at radius 1 is 1.28 bits per heavy atom. The highest BCUT2D eigenvalue weighted by atomic mass is 79.9. The van der Waals surface area contributed by atoms with Gasteiger partial charge in [0.15, 0.2) is 5.69 Å². The lowest BCUT2D eigenvalue weighted by atomic mass is 10.0. The maximum absolute atomic E-state index is 13.0. The van der Waals surface area contributed by atoms with Gasteiger partial charge < -0.3 is 10.2 Å². The van der Waals surface area contributed by atoms with E-state index < -0.39 is 17.9 Å². The minimum absolute atomic E-state index is 0.0475. The van der Waals surface area contributed by atoms with Gasteiger partial charge >= 0.3 is 6.18 Å². The van der Waals surface area contributed by atoms with Gasteiger partial charge in [-0.2, -0.15) is 18.3 Å². The zero-order valence-corrected chi connectivity index (χ0v) is 16.4. The number of aromatic nitrogens is 2. The number of nitrogens with zero attached hydrogens (tertiary/aromatic N) is 3. The number of hydrogen-bond acceptors (Lipinski definition) is 3. The van der Waals surface area contributed by atoms with Crippen molar-refractivity contribution in [1.29, 1.82) is 0 Å². The van der Waals surface area contributed by atoms with E-state index >= 15 is 0 Å². The summed E-state index contributed by atoms with van der Waals surface area (Å²) in [7, 11) is 0. The molecule has 9 heteroatoms. The normalized spacial score (nSPS) is 18.6. The Labute approximate surface area is 154 Å². The van der Waals surface area contributed by atoms with Gasteiger partial charge in [0.25, 0.3) is 0 Å². The molecule has 0 saturated carbocycles. The third kappa shape index (κ3) is 4.55. The second-order valence-electron chi connectivity index (χ2n) is 6.78. The van der Waals surface area contributed by atoms with Crippen molar-refractivity contribution in [3.05, 3.63) is 15.9 Å². The smallest absolute Gasteiger partial charge is 0.351 e. The van der Waals surface area contributed by atoms with Gasteiger partial charge in [0, 0.05) is 25.2 Å². The number of amides is 1. The number of likely N-dealkylation sites (tertiary alicyclic amines) is 1. The van der Waals surface area contributed by atoms with E-state index in [4.69, 9.17) is 0 Å². The number of carbonyl (C=O) groups is 1. The van der Waals surface area contributed by atoms with E-state index in [2.05, 4.69) is 45.1 Å². The van der Waals surface area contributed by atoms with Crippen LogP contribution in [0.3, 0.4) is 0 Å². The molecule has 2 rings (SSSR count). The zero-order chi connectivity index (χ0) is 18.9. The molecule has 1 atom stereocenters. The average molecular weight is 425 g/mol. The van der Waals surface area contributed by atoms with Crippen molar-refractivity contribution in [3.8, 4) is 0 Å². The highest BCUT2D eigenvalue weighted by Crippen LogP contribution is 2.36. The van der Waals surface area contributed by atoms with Gasteiger partial charge in [-0.15, -0.1) is 0 Å². The van der Waals surface area contributed by atoms with Crippen LogP contribution in [0.2, 0.25) is 0 Å². The van der Waals surface area contributed by atoms with Crippen molar-refractivity contribution in [2.45, 2.75) is 64.8 Å². The van der Waals surface area contributed by atoms with E-state index in [1.807, 2.05) is 0 Å². The standard InChI is InChI=1S/C16H24BrF3N4O/c1-9(2)23-7-5-12(6-8-23)21-15(25)11(4)24-10(3)13(17)14(22-24)16(18,19)20/h9,11-12H,5-8H2,1-4H3,(H,21,25). The van der Waals surface area contributed by atoms with E-state index in [0.717, 1.165) is 30.6 Å². The minimum atomic E-state index is -4.56. The molecule has 1 saturated heterocycles. The Kier molecular flexibility index (Phi) is 6.19. The fourth-order valence-corrected chi connectivity index (χ4v) is 3.54. The lowest BCUT2D eigenvalue weighted by molar-refractivity contribution is -0.142. The van der Waals surface area contributed by atoms with Crippen LogP contribution in [-0.4, -0.2) is 45.8 Å². The summed E-state index contributed by atoms with van der Waals surface area (Å²) in [4.78, 5) is 14.8. The van der Waals surface area contributed by atoms with Gasteiger partial charge in [-0.05, 0) is 56.5 Å². The first kappa shape index (κ1) is 20.2. The molecule has 25 heavy (non-hydrogen) atoms. The molecular weight excluding hydrogens is 401 g/mol. The number of piperidine rings is 1. The predicted molar refractivity (Wildman–Crippen MR) is 92.3 cm³/mol. The van der Waals surface area contributed by atoms with Gasteiger partial charge in [0.1, 0.15) is 6.04 Å². The first-order valence-corrected chi connectivity index (χ1v) is 9.18. The van der Waals surface area contributed by atoms with Crippen molar-refractivity contribution >= 4 is 21.8 Å². The van der Waals surface area contributed by atoms with Crippen LogP contribution in [-0.2, 0) is 11.0 Å². The van der Waals surface area contributed by atoms with E-state index in [9.17, 15) is 18.0 Å². The molecule has 0 aromatic carbocycles. The highest BCUT2D eigenvalue weighted by molar-refractivity contribution is 9.10. The highest BCUT2D eigenvalue weighted by Gasteiger charge is 2.39. The van der Waals surface area contributed by atoms with Gasteiger partial charge in [-0.25, -0.2) is 0 Å². The van der Waals surface area contributed by atoms with Crippen LogP contribution in [0, 0.1) is 6.92 Å². The van der Waals surface area contributed by atoms with Crippen LogP contribution < -0.4 is 5.32 Å². The summed E-state index contributed by atoms with van der Waals surface area (Å²) >= 11 is 2.93. The lowest BCUT2D eigenvalue weighted by Gasteiger charge is -2.35. The predicted octanol–water partition coefficient (Wildman–Crippen LogP) is 3.52. The first-order chi connectivity index (χ1) is 11.5. The molecule has 1 aromatic rings. The van der Waals surface area contributed by atoms with Crippen LogP contribution >= 0.6 is 15.9 Å². The Morgan fingerprint density at radius 2 is 1.84 bits per heavy atom.